The minimum Gasteiger partial charge on any atom is -0.343 e. The molecule has 1 fully saturated rings. The lowest BCUT2D eigenvalue weighted by molar-refractivity contribution is -0.139. The molecule has 43 heavy (non-hydrogen) atoms. The fourth-order valence-corrected chi connectivity index (χ4v) is 6.63. The zero-order valence-corrected chi connectivity index (χ0v) is 25.0. The van der Waals surface area contributed by atoms with Crippen LogP contribution in [-0.4, -0.2) is 63.3 Å². The van der Waals surface area contributed by atoms with Crippen LogP contribution in [-0.2, 0) is 24.7 Å². The third-order valence-electron chi connectivity index (χ3n) is 7.96. The lowest BCUT2D eigenvalue weighted by Gasteiger charge is -2.37. The van der Waals surface area contributed by atoms with Gasteiger partial charge in [0, 0.05) is 43.9 Å². The number of rotatable bonds is 6. The van der Waals surface area contributed by atoms with E-state index in [1.165, 1.54) is 44.7 Å². The number of carbonyl (C=O) groups excluding carboxylic acids is 2. The van der Waals surface area contributed by atoms with E-state index < -0.39 is 11.7 Å². The summed E-state index contributed by atoms with van der Waals surface area (Å²) < 4.78 is 16.1. The van der Waals surface area contributed by atoms with Gasteiger partial charge < -0.3 is 20.1 Å². The largest absolute Gasteiger partial charge is 0.343 e. The summed E-state index contributed by atoms with van der Waals surface area (Å²) in [6.07, 6.45) is 5.64. The van der Waals surface area contributed by atoms with Gasteiger partial charge in [0.1, 0.15) is 11.7 Å². The molecule has 2 N–H and O–H groups in total. The fourth-order valence-electron chi connectivity index (χ4n) is 5.48. The van der Waals surface area contributed by atoms with Gasteiger partial charge in [-0.1, -0.05) is 12.1 Å². The van der Waals surface area contributed by atoms with Gasteiger partial charge in [-0.2, -0.15) is 0 Å². The number of nitrogens with zero attached hydrogens (tertiary/aromatic N) is 5. The van der Waals surface area contributed by atoms with Crippen LogP contribution < -0.4 is 16.2 Å². The van der Waals surface area contributed by atoms with Crippen LogP contribution in [0.4, 0.5) is 21.7 Å². The Balaban J connectivity index is 1.23. The second-order valence-electron chi connectivity index (χ2n) is 11.0. The normalized spacial score (nSPS) is 17.1. The van der Waals surface area contributed by atoms with Crippen molar-refractivity contribution >= 4 is 40.5 Å². The molecular weight excluding hydrogens is 569 g/mol. The fraction of sp³-hybridized carbons (Fsp3) is 0.323. The Morgan fingerprint density at radius 2 is 1.70 bits per heavy atom. The number of amides is 2. The molecule has 1 aliphatic carbocycles. The van der Waals surface area contributed by atoms with Gasteiger partial charge in [-0.05, 0) is 74.2 Å². The molecule has 1 aliphatic heterocycles. The van der Waals surface area contributed by atoms with Crippen LogP contribution >= 0.6 is 11.3 Å². The SMILES string of the molecule is CN1CCN(C)C(c2ccc(Nc3nc(-c4ccc(F)c(NC(=O)c5cc6c(s5)CCCC6)n4)cn(C)c3=O)cc2)C1=O. The van der Waals surface area contributed by atoms with Crippen LogP contribution in [0, 0.1) is 5.82 Å². The highest BCUT2D eigenvalue weighted by Gasteiger charge is 2.32. The van der Waals surface area contributed by atoms with Gasteiger partial charge in [0.15, 0.2) is 17.5 Å². The number of hydrogen-bond donors (Lipinski definition) is 2. The molecule has 1 atom stereocenters. The number of benzene rings is 1. The lowest BCUT2D eigenvalue weighted by atomic mass is 9.99. The van der Waals surface area contributed by atoms with E-state index in [0.717, 1.165) is 37.8 Å². The molecule has 0 spiro atoms. The van der Waals surface area contributed by atoms with Crippen molar-refractivity contribution in [2.75, 3.05) is 37.8 Å². The van der Waals surface area contributed by atoms with Gasteiger partial charge in [-0.25, -0.2) is 14.4 Å². The lowest BCUT2D eigenvalue weighted by Crippen LogP contribution is -2.48. The third kappa shape index (κ3) is 5.80. The summed E-state index contributed by atoms with van der Waals surface area (Å²) in [5.74, 6) is -1.19. The second kappa shape index (κ2) is 11.7. The number of hydrogen-bond acceptors (Lipinski definition) is 8. The summed E-state index contributed by atoms with van der Waals surface area (Å²) in [5, 5.41) is 5.67. The first kappa shape index (κ1) is 28.7. The Kier molecular flexibility index (Phi) is 7.80. The molecule has 0 radical (unpaired) electrons. The molecular formula is C31H32FN7O3S. The van der Waals surface area contributed by atoms with Crippen molar-refractivity contribution in [2.24, 2.45) is 7.05 Å². The van der Waals surface area contributed by atoms with E-state index in [1.807, 2.05) is 30.1 Å². The summed E-state index contributed by atoms with van der Waals surface area (Å²) in [5.41, 5.74) is 2.90. The first-order valence-electron chi connectivity index (χ1n) is 14.2. The number of pyridine rings is 1. The highest BCUT2D eigenvalue weighted by Crippen LogP contribution is 2.31. The van der Waals surface area contributed by atoms with Crippen LogP contribution in [0.5, 0.6) is 0 Å². The van der Waals surface area contributed by atoms with Gasteiger partial charge in [0.05, 0.1) is 10.6 Å². The standard InChI is InChI=1S/C31H32FN7O3S/c1-37-14-15-38(2)30(41)26(37)18-8-10-20(11-9-18)33-28-31(42)39(3)17-23(35-28)22-13-12-21(32)27(34-22)36-29(40)25-16-19-6-4-5-7-24(19)43-25/h8-13,16-17,26H,4-7,14-15H2,1-3H3,(H,33,35)(H,34,36,40). The van der Waals surface area contributed by atoms with E-state index in [-0.39, 0.29) is 29.1 Å². The predicted molar refractivity (Wildman–Crippen MR) is 164 cm³/mol. The van der Waals surface area contributed by atoms with E-state index in [1.54, 1.807) is 31.1 Å². The number of carbonyl (C=O) groups is 2. The number of thiophene rings is 1. The highest BCUT2D eigenvalue weighted by atomic mass is 32.1. The molecule has 0 bridgehead atoms. The van der Waals surface area contributed by atoms with Crippen LogP contribution in [0.3, 0.4) is 0 Å². The number of nitrogens with one attached hydrogen (secondary N) is 2. The molecule has 3 aromatic heterocycles. The van der Waals surface area contributed by atoms with Crippen molar-refractivity contribution < 1.29 is 14.0 Å². The minimum atomic E-state index is -0.671. The van der Waals surface area contributed by atoms with E-state index in [4.69, 9.17) is 0 Å². The van der Waals surface area contributed by atoms with E-state index >= 15 is 0 Å². The molecule has 1 aromatic carbocycles. The summed E-state index contributed by atoms with van der Waals surface area (Å²) in [6, 6.07) is 11.5. The number of anilines is 3. The van der Waals surface area contributed by atoms with E-state index in [0.29, 0.717) is 28.5 Å². The van der Waals surface area contributed by atoms with Crippen molar-refractivity contribution in [2.45, 2.75) is 31.7 Å². The quantitative estimate of drug-likeness (QED) is 0.338. The third-order valence-corrected chi connectivity index (χ3v) is 9.20. The topological polar surface area (TPSA) is 112 Å². The molecule has 1 saturated heterocycles. The van der Waals surface area contributed by atoms with Crippen molar-refractivity contribution in [3.63, 3.8) is 0 Å². The van der Waals surface area contributed by atoms with Crippen LogP contribution in [0.25, 0.3) is 11.4 Å². The van der Waals surface area contributed by atoms with Crippen LogP contribution in [0.2, 0.25) is 0 Å². The number of fused-ring (bicyclic) bond motifs is 1. The Morgan fingerprint density at radius 1 is 0.953 bits per heavy atom. The number of piperazine rings is 1. The maximum Gasteiger partial charge on any atom is 0.293 e. The van der Waals surface area contributed by atoms with Crippen molar-refractivity contribution in [1.82, 2.24) is 24.3 Å². The van der Waals surface area contributed by atoms with Crippen LogP contribution in [0.1, 0.15) is 44.6 Å². The average Bonchev–Trinajstić information content (AvgIpc) is 3.44. The van der Waals surface area contributed by atoms with Crippen molar-refractivity contribution in [3.8, 4) is 11.4 Å². The van der Waals surface area contributed by atoms with Crippen LogP contribution in [0.15, 0.2) is 53.5 Å². The second-order valence-corrected chi connectivity index (χ2v) is 12.2. The van der Waals surface area contributed by atoms with Gasteiger partial charge in [0.25, 0.3) is 11.5 Å². The zero-order valence-electron chi connectivity index (χ0n) is 24.2. The zero-order chi connectivity index (χ0) is 30.2. The Labute approximate surface area is 252 Å². The first-order chi connectivity index (χ1) is 20.7. The monoisotopic (exact) mass is 601 g/mol. The van der Waals surface area contributed by atoms with E-state index in [2.05, 4.69) is 20.6 Å². The Morgan fingerprint density at radius 3 is 2.47 bits per heavy atom. The first-order valence-corrected chi connectivity index (χ1v) is 15.0. The van der Waals surface area contributed by atoms with Gasteiger partial charge in [0.2, 0.25) is 5.91 Å². The summed E-state index contributed by atoms with van der Waals surface area (Å²) in [4.78, 5) is 53.0. The minimum absolute atomic E-state index is 0.0366. The molecule has 1 unspecified atom stereocenters. The van der Waals surface area contributed by atoms with E-state index in [9.17, 15) is 18.8 Å². The summed E-state index contributed by atoms with van der Waals surface area (Å²) >= 11 is 1.44. The molecule has 2 aliphatic rings. The number of aromatic nitrogens is 3. The summed E-state index contributed by atoms with van der Waals surface area (Å²) in [7, 11) is 5.32. The highest BCUT2D eigenvalue weighted by molar-refractivity contribution is 7.14. The Bertz CT molecular complexity index is 1740. The maximum absolute atomic E-state index is 14.7. The molecule has 4 aromatic rings. The van der Waals surface area contributed by atoms with Gasteiger partial charge in [-0.15, -0.1) is 11.3 Å². The predicted octanol–water partition coefficient (Wildman–Crippen LogP) is 4.36. The summed E-state index contributed by atoms with van der Waals surface area (Å²) in [6.45, 7) is 1.46. The van der Waals surface area contributed by atoms with Crippen molar-refractivity contribution in [3.05, 3.63) is 85.7 Å². The molecule has 12 heteroatoms. The molecule has 0 saturated carbocycles. The number of aryl methyl sites for hydroxylation is 3. The molecule has 10 nitrogen and oxygen atoms in total. The number of halogens is 1. The molecule has 222 valence electrons. The van der Waals surface area contributed by atoms with Crippen molar-refractivity contribution in [1.29, 1.82) is 0 Å². The molecule has 4 heterocycles. The van der Waals surface area contributed by atoms with Gasteiger partial charge >= 0.3 is 0 Å². The maximum atomic E-state index is 14.7. The number of likely N-dealkylation sites (N-methyl/N-ethyl adjacent to an activating group) is 2. The molecule has 6 rings (SSSR count). The Hall–Kier alpha value is -4.42. The smallest absolute Gasteiger partial charge is 0.293 e. The van der Waals surface area contributed by atoms with Gasteiger partial charge in [-0.3, -0.25) is 19.3 Å². The average molecular weight is 602 g/mol. The molecule has 2 amide bonds.